The normalized spacial score (nSPS) is 16.3. The number of nitrogens with one attached hydrogen (secondary N) is 2. The lowest BCUT2D eigenvalue weighted by atomic mass is 9.88. The van der Waals surface area contributed by atoms with E-state index in [1.165, 1.54) is 11.1 Å². The van der Waals surface area contributed by atoms with Crippen molar-refractivity contribution in [1.29, 1.82) is 0 Å². The van der Waals surface area contributed by atoms with Crippen molar-refractivity contribution in [3.8, 4) is 0 Å². The Balaban J connectivity index is 1.72. The molecule has 1 aromatic heterocycles. The third-order valence-corrected chi connectivity index (χ3v) is 4.17. The lowest BCUT2D eigenvalue weighted by Crippen LogP contribution is -2.35. The Bertz CT molecular complexity index is 699. The number of carbonyl (C=O) groups is 1. The van der Waals surface area contributed by atoms with Crippen LogP contribution in [0.5, 0.6) is 0 Å². The Morgan fingerprint density at radius 1 is 1.22 bits per heavy atom. The fourth-order valence-corrected chi connectivity index (χ4v) is 3.06. The van der Waals surface area contributed by atoms with Crippen LogP contribution < -0.4 is 15.5 Å². The average molecular weight is 310 g/mol. The lowest BCUT2D eigenvalue weighted by molar-refractivity contribution is 0.247. The number of urea groups is 1. The van der Waals surface area contributed by atoms with Gasteiger partial charge in [0, 0.05) is 20.3 Å². The first-order chi connectivity index (χ1) is 11.1. The summed E-state index contributed by atoms with van der Waals surface area (Å²) in [5, 5.41) is 5.95. The van der Waals surface area contributed by atoms with Crippen molar-refractivity contribution in [3.63, 3.8) is 0 Å². The van der Waals surface area contributed by atoms with Crippen molar-refractivity contribution in [1.82, 2.24) is 10.3 Å². The van der Waals surface area contributed by atoms with Gasteiger partial charge in [0.2, 0.25) is 0 Å². The number of rotatable bonds is 3. The van der Waals surface area contributed by atoms with Crippen LogP contribution in [0.15, 0.2) is 42.6 Å². The molecule has 0 fully saturated rings. The Hall–Kier alpha value is -2.56. The van der Waals surface area contributed by atoms with Crippen molar-refractivity contribution >= 4 is 17.5 Å². The number of anilines is 2. The molecular weight excluding hydrogens is 288 g/mol. The number of carbonyl (C=O) groups excluding carboxylic acids is 1. The van der Waals surface area contributed by atoms with Gasteiger partial charge in [-0.3, -0.25) is 5.32 Å². The Morgan fingerprint density at radius 3 is 2.87 bits per heavy atom. The molecule has 3 rings (SSSR count). The van der Waals surface area contributed by atoms with Gasteiger partial charge in [-0.15, -0.1) is 0 Å². The maximum absolute atomic E-state index is 12.4. The van der Waals surface area contributed by atoms with Gasteiger partial charge in [0.25, 0.3) is 0 Å². The molecule has 1 heterocycles. The number of hydrogen-bond acceptors (Lipinski definition) is 3. The maximum atomic E-state index is 12.4. The molecular formula is C18H22N4O. The van der Waals surface area contributed by atoms with Crippen molar-refractivity contribution < 1.29 is 4.79 Å². The van der Waals surface area contributed by atoms with Gasteiger partial charge in [0.15, 0.2) is 5.82 Å². The number of hydrogen-bond donors (Lipinski definition) is 2. The van der Waals surface area contributed by atoms with Crippen LogP contribution in [0, 0.1) is 0 Å². The molecule has 23 heavy (non-hydrogen) atoms. The quantitative estimate of drug-likeness (QED) is 0.914. The fraction of sp³-hybridized carbons (Fsp3) is 0.333. The van der Waals surface area contributed by atoms with Crippen LogP contribution in [0.1, 0.15) is 30.0 Å². The molecule has 0 aliphatic heterocycles. The van der Waals surface area contributed by atoms with Gasteiger partial charge in [-0.05, 0) is 42.5 Å². The van der Waals surface area contributed by atoms with Gasteiger partial charge in [0.1, 0.15) is 0 Å². The monoisotopic (exact) mass is 310 g/mol. The van der Waals surface area contributed by atoms with Gasteiger partial charge in [-0.2, -0.15) is 0 Å². The largest absolute Gasteiger partial charge is 0.375 e. The van der Waals surface area contributed by atoms with Crippen LogP contribution in [-0.2, 0) is 6.42 Å². The molecule has 0 saturated carbocycles. The highest BCUT2D eigenvalue weighted by Gasteiger charge is 2.21. The van der Waals surface area contributed by atoms with E-state index in [0.717, 1.165) is 24.9 Å². The molecule has 0 radical (unpaired) electrons. The van der Waals surface area contributed by atoms with Crippen LogP contribution in [-0.4, -0.2) is 25.1 Å². The fourth-order valence-electron chi connectivity index (χ4n) is 3.06. The van der Waals surface area contributed by atoms with Crippen molar-refractivity contribution in [3.05, 3.63) is 53.7 Å². The molecule has 1 aliphatic carbocycles. The van der Waals surface area contributed by atoms with E-state index in [1.807, 2.05) is 37.2 Å². The topological polar surface area (TPSA) is 57.3 Å². The summed E-state index contributed by atoms with van der Waals surface area (Å²) in [5.74, 6) is 0.569. The van der Waals surface area contributed by atoms with E-state index in [1.54, 1.807) is 6.20 Å². The SMILES string of the molecule is CN(C)c1cccnc1NC(=O)N[C@H]1CCCc2ccccc21. The second-order valence-corrected chi connectivity index (χ2v) is 6.01. The van der Waals surface area contributed by atoms with E-state index in [4.69, 9.17) is 0 Å². The lowest BCUT2D eigenvalue weighted by Gasteiger charge is -2.26. The van der Waals surface area contributed by atoms with Crippen LogP contribution in [0.3, 0.4) is 0 Å². The van der Waals surface area contributed by atoms with Gasteiger partial charge in [-0.25, -0.2) is 9.78 Å². The average Bonchev–Trinajstić information content (AvgIpc) is 2.55. The molecule has 5 nitrogen and oxygen atoms in total. The molecule has 0 saturated heterocycles. The van der Waals surface area contributed by atoms with E-state index in [9.17, 15) is 4.79 Å². The number of nitrogens with zero attached hydrogens (tertiary/aromatic N) is 2. The molecule has 1 aromatic carbocycles. The zero-order valence-corrected chi connectivity index (χ0v) is 13.5. The molecule has 120 valence electrons. The number of aromatic nitrogens is 1. The van der Waals surface area contributed by atoms with Crippen LogP contribution in [0.2, 0.25) is 0 Å². The summed E-state index contributed by atoms with van der Waals surface area (Å²) in [6.07, 6.45) is 4.82. The molecule has 0 unspecified atom stereocenters. The Kier molecular flexibility index (Phi) is 4.46. The van der Waals surface area contributed by atoms with Gasteiger partial charge in [0.05, 0.1) is 11.7 Å². The highest BCUT2D eigenvalue weighted by Crippen LogP contribution is 2.29. The zero-order valence-electron chi connectivity index (χ0n) is 13.5. The van der Waals surface area contributed by atoms with E-state index in [0.29, 0.717) is 5.82 Å². The molecule has 2 N–H and O–H groups in total. The maximum Gasteiger partial charge on any atom is 0.320 e. The molecule has 2 aromatic rings. The summed E-state index contributed by atoms with van der Waals surface area (Å²) < 4.78 is 0. The number of fused-ring (bicyclic) bond motifs is 1. The summed E-state index contributed by atoms with van der Waals surface area (Å²) in [5.41, 5.74) is 3.44. The second kappa shape index (κ2) is 6.69. The summed E-state index contributed by atoms with van der Waals surface area (Å²) in [6, 6.07) is 12.0. The molecule has 1 aliphatic rings. The van der Waals surface area contributed by atoms with Gasteiger partial charge < -0.3 is 10.2 Å². The Labute approximate surface area is 136 Å². The first kappa shape index (κ1) is 15.3. The summed E-state index contributed by atoms with van der Waals surface area (Å²) in [4.78, 5) is 18.6. The molecule has 2 amide bonds. The summed E-state index contributed by atoms with van der Waals surface area (Å²) >= 11 is 0. The number of aryl methyl sites for hydroxylation is 1. The van der Waals surface area contributed by atoms with Gasteiger partial charge >= 0.3 is 6.03 Å². The van der Waals surface area contributed by atoms with Crippen molar-refractivity contribution in [2.24, 2.45) is 0 Å². The number of pyridine rings is 1. The van der Waals surface area contributed by atoms with Gasteiger partial charge in [-0.1, -0.05) is 24.3 Å². The first-order valence-corrected chi connectivity index (χ1v) is 7.93. The Morgan fingerprint density at radius 2 is 2.04 bits per heavy atom. The zero-order chi connectivity index (χ0) is 16.2. The number of amides is 2. The van der Waals surface area contributed by atoms with Crippen LogP contribution in [0.4, 0.5) is 16.3 Å². The number of benzene rings is 1. The minimum absolute atomic E-state index is 0.0615. The third kappa shape index (κ3) is 3.44. The predicted octanol–water partition coefficient (Wildman–Crippen LogP) is 3.35. The summed E-state index contributed by atoms with van der Waals surface area (Å²) in [7, 11) is 3.86. The van der Waals surface area contributed by atoms with Crippen molar-refractivity contribution in [2.45, 2.75) is 25.3 Å². The minimum atomic E-state index is -0.214. The second-order valence-electron chi connectivity index (χ2n) is 6.01. The predicted molar refractivity (Wildman–Crippen MR) is 92.8 cm³/mol. The van der Waals surface area contributed by atoms with Crippen LogP contribution in [0.25, 0.3) is 0 Å². The first-order valence-electron chi connectivity index (χ1n) is 7.93. The highest BCUT2D eigenvalue weighted by molar-refractivity contribution is 5.91. The van der Waals surface area contributed by atoms with E-state index < -0.39 is 0 Å². The van der Waals surface area contributed by atoms with Crippen molar-refractivity contribution in [2.75, 3.05) is 24.3 Å². The van der Waals surface area contributed by atoms with E-state index >= 15 is 0 Å². The van der Waals surface area contributed by atoms with E-state index in [2.05, 4.69) is 33.8 Å². The third-order valence-electron chi connectivity index (χ3n) is 4.17. The van der Waals surface area contributed by atoms with E-state index in [-0.39, 0.29) is 12.1 Å². The molecule has 5 heteroatoms. The molecule has 1 atom stereocenters. The molecule has 0 bridgehead atoms. The van der Waals surface area contributed by atoms with Crippen LogP contribution >= 0.6 is 0 Å². The smallest absolute Gasteiger partial charge is 0.320 e. The molecule has 0 spiro atoms. The minimum Gasteiger partial charge on any atom is -0.375 e. The highest BCUT2D eigenvalue weighted by atomic mass is 16.2. The standard InChI is InChI=1S/C18H22N4O/c1-22(2)16-11-6-12-19-17(16)21-18(23)20-15-10-5-8-13-7-3-4-9-14(13)15/h3-4,6-7,9,11-12,15H,5,8,10H2,1-2H3,(H2,19,20,21,23)/t15-/m0/s1. The summed E-state index contributed by atoms with van der Waals surface area (Å²) in [6.45, 7) is 0.